The van der Waals surface area contributed by atoms with Gasteiger partial charge in [0.25, 0.3) is 0 Å². The maximum absolute atomic E-state index is 13.7. The number of ether oxygens (including phenoxy) is 2. The summed E-state index contributed by atoms with van der Waals surface area (Å²) in [5.74, 6) is -2.28. The summed E-state index contributed by atoms with van der Waals surface area (Å²) < 4.78 is 10.7. The molecule has 31 heavy (non-hydrogen) atoms. The molecule has 2 N–H and O–H groups in total. The van der Waals surface area contributed by atoms with Crippen LogP contribution in [0.5, 0.6) is 11.5 Å². The van der Waals surface area contributed by atoms with Gasteiger partial charge in [0.1, 0.15) is 17.5 Å². The highest BCUT2D eigenvalue weighted by Crippen LogP contribution is 2.53. The Morgan fingerprint density at radius 3 is 2.45 bits per heavy atom. The van der Waals surface area contributed by atoms with Gasteiger partial charge in [-0.15, -0.1) is 0 Å². The van der Waals surface area contributed by atoms with E-state index >= 15 is 0 Å². The molecule has 4 atom stereocenters. The lowest BCUT2D eigenvalue weighted by atomic mass is 9.84. The summed E-state index contributed by atoms with van der Waals surface area (Å²) in [5.41, 5.74) is 7.87. The van der Waals surface area contributed by atoms with Gasteiger partial charge >= 0.3 is 0 Å². The van der Waals surface area contributed by atoms with Gasteiger partial charge in [0, 0.05) is 12.3 Å². The molecule has 3 amide bonds. The number of imide groups is 1. The minimum Gasteiger partial charge on any atom is -0.497 e. The Labute approximate surface area is 178 Å². The second-order valence-corrected chi connectivity index (χ2v) is 7.79. The van der Waals surface area contributed by atoms with Crippen LogP contribution in [-0.2, 0) is 14.4 Å². The van der Waals surface area contributed by atoms with Crippen molar-refractivity contribution in [2.75, 3.05) is 19.1 Å². The van der Waals surface area contributed by atoms with E-state index in [9.17, 15) is 14.4 Å². The smallest absolute Gasteiger partial charge is 0.240 e. The van der Waals surface area contributed by atoms with Gasteiger partial charge in [-0.25, -0.2) is 4.90 Å². The third kappa shape index (κ3) is 2.57. The van der Waals surface area contributed by atoms with Gasteiger partial charge < -0.3 is 20.1 Å². The first-order valence-corrected chi connectivity index (χ1v) is 9.91. The Balaban J connectivity index is 1.66. The second-order valence-electron chi connectivity index (χ2n) is 7.79. The number of anilines is 1. The van der Waals surface area contributed by atoms with Crippen LogP contribution in [0, 0.1) is 11.8 Å². The molecule has 158 valence electrons. The predicted octanol–water partition coefficient (Wildman–Crippen LogP) is 1.70. The molecule has 3 heterocycles. The molecule has 5 rings (SSSR count). The molecule has 0 aliphatic carbocycles. The van der Waals surface area contributed by atoms with Crippen molar-refractivity contribution < 1.29 is 23.9 Å². The van der Waals surface area contributed by atoms with Crippen molar-refractivity contribution in [2.24, 2.45) is 17.6 Å². The number of benzene rings is 2. The SMILES string of the molecule is COc1ccc(OC)c(N2C(=O)[C@@H]3[C@H](C2=O)[C@H]2c4ccccc4C=CN2[C@@H]3C(N)=O)c1. The summed E-state index contributed by atoms with van der Waals surface area (Å²) in [6, 6.07) is 11.2. The molecule has 2 aromatic carbocycles. The van der Waals surface area contributed by atoms with Crippen LogP contribution in [0.4, 0.5) is 5.69 Å². The molecule has 8 heteroatoms. The summed E-state index contributed by atoms with van der Waals surface area (Å²) in [5, 5.41) is 0. The van der Waals surface area contributed by atoms with E-state index in [1.165, 1.54) is 14.2 Å². The predicted molar refractivity (Wildman–Crippen MR) is 112 cm³/mol. The number of nitrogens with zero attached hydrogens (tertiary/aromatic N) is 2. The number of fused-ring (bicyclic) bond motifs is 5. The highest BCUT2D eigenvalue weighted by molar-refractivity contribution is 6.24. The van der Waals surface area contributed by atoms with Gasteiger partial charge in [0.2, 0.25) is 17.7 Å². The van der Waals surface area contributed by atoms with Crippen LogP contribution in [-0.4, -0.2) is 42.9 Å². The van der Waals surface area contributed by atoms with Crippen LogP contribution in [0.3, 0.4) is 0 Å². The van der Waals surface area contributed by atoms with E-state index in [4.69, 9.17) is 15.2 Å². The summed E-state index contributed by atoms with van der Waals surface area (Å²) in [4.78, 5) is 42.6. The topological polar surface area (TPSA) is 102 Å². The normalized spacial score (nSPS) is 25.9. The van der Waals surface area contributed by atoms with Gasteiger partial charge in [-0.1, -0.05) is 24.3 Å². The first-order valence-electron chi connectivity index (χ1n) is 9.91. The molecule has 8 nitrogen and oxygen atoms in total. The van der Waals surface area contributed by atoms with E-state index in [1.54, 1.807) is 29.3 Å². The van der Waals surface area contributed by atoms with Gasteiger partial charge in [0.15, 0.2) is 0 Å². The van der Waals surface area contributed by atoms with Gasteiger partial charge in [-0.05, 0) is 29.3 Å². The van der Waals surface area contributed by atoms with E-state index in [-0.39, 0.29) is 5.91 Å². The second kappa shape index (κ2) is 6.87. The molecule has 3 aliphatic heterocycles. The van der Waals surface area contributed by atoms with Crippen LogP contribution in [0.25, 0.3) is 6.08 Å². The first kappa shape index (κ1) is 19.2. The van der Waals surface area contributed by atoms with Crippen LogP contribution in [0.15, 0.2) is 48.7 Å². The minimum absolute atomic E-state index is 0.292. The quantitative estimate of drug-likeness (QED) is 0.757. The zero-order valence-corrected chi connectivity index (χ0v) is 17.0. The van der Waals surface area contributed by atoms with Gasteiger partial charge in [-0.3, -0.25) is 14.4 Å². The van der Waals surface area contributed by atoms with E-state index in [0.717, 1.165) is 16.0 Å². The van der Waals surface area contributed by atoms with Crippen LogP contribution >= 0.6 is 0 Å². The van der Waals surface area contributed by atoms with Gasteiger partial charge in [0.05, 0.1) is 37.8 Å². The number of hydrogen-bond acceptors (Lipinski definition) is 6. The van der Waals surface area contributed by atoms with Crippen molar-refractivity contribution in [3.05, 3.63) is 59.8 Å². The summed E-state index contributed by atoms with van der Waals surface area (Å²) >= 11 is 0. The fraction of sp³-hybridized carbons (Fsp3) is 0.261. The highest BCUT2D eigenvalue weighted by atomic mass is 16.5. The maximum Gasteiger partial charge on any atom is 0.240 e. The summed E-state index contributed by atoms with van der Waals surface area (Å²) in [7, 11) is 2.97. The highest BCUT2D eigenvalue weighted by Gasteiger charge is 2.64. The molecule has 0 spiro atoms. The van der Waals surface area contributed by atoms with Crippen LogP contribution < -0.4 is 20.1 Å². The molecule has 0 aromatic heterocycles. The molecule has 2 fully saturated rings. The Morgan fingerprint density at radius 1 is 1.00 bits per heavy atom. The van der Waals surface area contributed by atoms with E-state index < -0.39 is 35.7 Å². The largest absolute Gasteiger partial charge is 0.497 e. The number of rotatable bonds is 4. The van der Waals surface area contributed by atoms with Crippen LogP contribution in [0.2, 0.25) is 0 Å². The molecule has 2 saturated heterocycles. The van der Waals surface area contributed by atoms with E-state index in [0.29, 0.717) is 17.2 Å². The molecule has 2 aromatic rings. The lowest BCUT2D eigenvalue weighted by Gasteiger charge is -2.34. The van der Waals surface area contributed by atoms with Crippen molar-refractivity contribution >= 4 is 29.5 Å². The summed E-state index contributed by atoms with van der Waals surface area (Å²) in [6.07, 6.45) is 3.64. The number of carbonyl (C=O) groups is 3. The molecule has 0 saturated carbocycles. The molecular formula is C23H21N3O5. The standard InChI is InChI=1S/C23H21N3O5/c1-30-13-7-8-16(31-2)15(11-13)26-22(28)17-18(23(26)29)20(21(24)27)25-10-9-12-5-3-4-6-14(12)19(17)25/h3-11,17-20H,1-2H3,(H2,24,27)/t17-,18+,19+,20-/m0/s1. The van der Waals surface area contributed by atoms with E-state index in [1.807, 2.05) is 30.3 Å². The fourth-order valence-electron chi connectivity index (χ4n) is 5.09. The average molecular weight is 419 g/mol. The van der Waals surface area contributed by atoms with Crippen LogP contribution in [0.1, 0.15) is 17.2 Å². The average Bonchev–Trinajstić information content (AvgIpc) is 3.26. The summed E-state index contributed by atoms with van der Waals surface area (Å²) in [6.45, 7) is 0. The van der Waals surface area contributed by atoms with Crippen molar-refractivity contribution in [1.29, 1.82) is 0 Å². The zero-order chi connectivity index (χ0) is 21.9. The number of amides is 3. The molecule has 0 unspecified atom stereocenters. The van der Waals surface area contributed by atoms with Crippen molar-refractivity contribution in [3.8, 4) is 11.5 Å². The van der Waals surface area contributed by atoms with Crippen molar-refractivity contribution in [1.82, 2.24) is 4.90 Å². The maximum atomic E-state index is 13.7. The number of hydrogen-bond donors (Lipinski definition) is 1. The first-order chi connectivity index (χ1) is 15.0. The molecular weight excluding hydrogens is 398 g/mol. The number of primary amides is 1. The van der Waals surface area contributed by atoms with Crippen molar-refractivity contribution in [3.63, 3.8) is 0 Å². The van der Waals surface area contributed by atoms with Crippen molar-refractivity contribution in [2.45, 2.75) is 12.1 Å². The molecule has 0 bridgehead atoms. The zero-order valence-electron chi connectivity index (χ0n) is 17.0. The lowest BCUT2D eigenvalue weighted by Crippen LogP contribution is -2.46. The number of nitrogens with two attached hydrogens (primary N) is 1. The number of carbonyl (C=O) groups excluding carboxylic acids is 3. The monoisotopic (exact) mass is 419 g/mol. The molecule has 0 radical (unpaired) electrons. The van der Waals surface area contributed by atoms with Gasteiger partial charge in [-0.2, -0.15) is 0 Å². The third-order valence-electron chi connectivity index (χ3n) is 6.38. The Kier molecular flexibility index (Phi) is 4.25. The molecule has 3 aliphatic rings. The Morgan fingerprint density at radius 2 is 1.74 bits per heavy atom. The Hall–Kier alpha value is -3.81. The van der Waals surface area contributed by atoms with E-state index in [2.05, 4.69) is 0 Å². The fourth-order valence-corrected chi connectivity index (χ4v) is 5.09. The Bertz CT molecular complexity index is 1140. The third-order valence-corrected chi connectivity index (χ3v) is 6.38. The lowest BCUT2D eigenvalue weighted by molar-refractivity contribution is -0.129. The number of methoxy groups -OCH3 is 2. The minimum atomic E-state index is -0.919.